The molecule has 0 saturated heterocycles. The highest BCUT2D eigenvalue weighted by atomic mass is 16.5. The number of rotatable bonds is 8. The fraction of sp³-hybridized carbons (Fsp3) is 0.750. The van der Waals surface area contributed by atoms with Crippen molar-refractivity contribution in [1.82, 2.24) is 0 Å². The first-order valence-electron chi connectivity index (χ1n) is 5.36. The van der Waals surface area contributed by atoms with Gasteiger partial charge in [0.05, 0.1) is 25.0 Å². The quantitative estimate of drug-likeness (QED) is 0.495. The molecule has 0 aliphatic rings. The Kier molecular flexibility index (Phi) is 5.68. The van der Waals surface area contributed by atoms with Gasteiger partial charge in [-0.3, -0.25) is 0 Å². The molecule has 0 aromatic carbocycles. The molecule has 16 heavy (non-hydrogen) atoms. The Morgan fingerprint density at radius 2 is 1.88 bits per heavy atom. The van der Waals surface area contributed by atoms with E-state index < -0.39 is 11.2 Å². The Balaban J connectivity index is 4.00. The first-order chi connectivity index (χ1) is 7.22. The van der Waals surface area contributed by atoms with Crippen LogP contribution in [-0.2, 0) is 9.47 Å². The summed E-state index contributed by atoms with van der Waals surface area (Å²) in [5, 5.41) is 16.0. The lowest BCUT2D eigenvalue weighted by molar-refractivity contribution is -0.0749. The van der Waals surface area contributed by atoms with E-state index in [0.717, 1.165) is 6.21 Å². The third kappa shape index (κ3) is 6.58. The van der Waals surface area contributed by atoms with Gasteiger partial charge in [-0.15, -0.1) is 0 Å². The summed E-state index contributed by atoms with van der Waals surface area (Å²) in [5.74, 6) is 0.339. The summed E-state index contributed by atoms with van der Waals surface area (Å²) in [6.45, 7) is 11.6. The van der Waals surface area contributed by atoms with Crippen LogP contribution in [0.15, 0.2) is 12.3 Å². The van der Waals surface area contributed by atoms with Crippen molar-refractivity contribution in [3.8, 4) is 0 Å². The highest BCUT2D eigenvalue weighted by molar-refractivity contribution is 5.71. The molecule has 0 unspecified atom stereocenters. The molecule has 0 aliphatic heterocycles. The van der Waals surface area contributed by atoms with E-state index in [1.807, 2.05) is 27.7 Å². The van der Waals surface area contributed by atoms with Crippen molar-refractivity contribution < 1.29 is 14.6 Å². The minimum atomic E-state index is -0.519. The molecule has 0 rings (SSSR count). The average Bonchev–Trinajstić information content (AvgIpc) is 2.16. The molecule has 0 heterocycles. The van der Waals surface area contributed by atoms with Gasteiger partial charge in [0.2, 0.25) is 0 Å². The minimum Gasteiger partial charge on any atom is -0.487 e. The lowest BCUT2D eigenvalue weighted by Gasteiger charge is -2.29. The molecule has 0 spiro atoms. The normalized spacial score (nSPS) is 12.3. The zero-order chi connectivity index (χ0) is 12.8. The van der Waals surface area contributed by atoms with Crippen molar-refractivity contribution in [2.45, 2.75) is 45.3 Å². The number of nitrogens with one attached hydrogen (secondary N) is 1. The largest absolute Gasteiger partial charge is 0.487 e. The van der Waals surface area contributed by atoms with Gasteiger partial charge in [-0.05, 0) is 27.7 Å². The third-order valence-corrected chi connectivity index (χ3v) is 2.15. The summed E-state index contributed by atoms with van der Waals surface area (Å²) in [7, 11) is 0. The Morgan fingerprint density at radius 1 is 1.31 bits per heavy atom. The second kappa shape index (κ2) is 6.01. The summed E-state index contributed by atoms with van der Waals surface area (Å²) < 4.78 is 11.0. The topological polar surface area (TPSA) is 62.5 Å². The van der Waals surface area contributed by atoms with Crippen molar-refractivity contribution in [1.29, 1.82) is 5.41 Å². The van der Waals surface area contributed by atoms with Crippen molar-refractivity contribution in [2.75, 3.05) is 13.2 Å². The maximum atomic E-state index is 9.01. The van der Waals surface area contributed by atoms with Gasteiger partial charge in [-0.1, -0.05) is 6.58 Å². The molecular weight excluding hydrogens is 206 g/mol. The molecule has 0 saturated carbocycles. The van der Waals surface area contributed by atoms with Crippen LogP contribution in [0.1, 0.15) is 34.1 Å². The van der Waals surface area contributed by atoms with E-state index in [9.17, 15) is 0 Å². The van der Waals surface area contributed by atoms with Gasteiger partial charge in [-0.25, -0.2) is 0 Å². The third-order valence-electron chi connectivity index (χ3n) is 2.15. The number of aliphatic hydroxyl groups excluding tert-OH is 1. The Morgan fingerprint density at radius 3 is 2.31 bits per heavy atom. The molecule has 4 heteroatoms. The van der Waals surface area contributed by atoms with E-state index in [-0.39, 0.29) is 6.61 Å². The molecule has 0 amide bonds. The van der Waals surface area contributed by atoms with Gasteiger partial charge in [0, 0.05) is 6.42 Å². The number of ether oxygens (including phenoxy) is 2. The highest BCUT2D eigenvalue weighted by Crippen LogP contribution is 2.19. The molecular formula is C12H23NO3. The minimum absolute atomic E-state index is 0.0124. The SMILES string of the molecule is C=C(C=N)OC(C)(C)CCOC(C)(C)CO. The van der Waals surface area contributed by atoms with E-state index in [2.05, 4.69) is 6.58 Å². The zero-order valence-electron chi connectivity index (χ0n) is 10.7. The van der Waals surface area contributed by atoms with Gasteiger partial charge in [0.25, 0.3) is 0 Å². The Bertz CT molecular complexity index is 247. The molecule has 0 atom stereocenters. The van der Waals surface area contributed by atoms with Gasteiger partial charge in [0.1, 0.15) is 11.4 Å². The van der Waals surface area contributed by atoms with Crippen LogP contribution in [-0.4, -0.2) is 35.7 Å². The second-order valence-corrected chi connectivity index (χ2v) is 4.99. The van der Waals surface area contributed by atoms with Gasteiger partial charge >= 0.3 is 0 Å². The van der Waals surface area contributed by atoms with Crippen LogP contribution in [0.5, 0.6) is 0 Å². The molecule has 4 nitrogen and oxygen atoms in total. The fourth-order valence-electron chi connectivity index (χ4n) is 1.05. The molecule has 0 aromatic heterocycles. The summed E-state index contributed by atoms with van der Waals surface area (Å²) in [5.41, 5.74) is -0.936. The lowest BCUT2D eigenvalue weighted by Crippen LogP contribution is -2.33. The van der Waals surface area contributed by atoms with Crippen LogP contribution in [0.4, 0.5) is 0 Å². The van der Waals surface area contributed by atoms with E-state index in [1.165, 1.54) is 0 Å². The average molecular weight is 229 g/mol. The van der Waals surface area contributed by atoms with Gasteiger partial charge in [0.15, 0.2) is 0 Å². The maximum Gasteiger partial charge on any atom is 0.130 e. The standard InChI is InChI=1S/C12H23NO3/c1-10(8-13)16-11(2,3)6-7-15-12(4,5)9-14/h8,13-14H,1,6-7,9H2,2-5H3. The molecule has 0 radical (unpaired) electrons. The lowest BCUT2D eigenvalue weighted by atomic mass is 10.1. The van der Waals surface area contributed by atoms with Gasteiger partial charge < -0.3 is 20.0 Å². The smallest absolute Gasteiger partial charge is 0.130 e. The fourth-order valence-corrected chi connectivity index (χ4v) is 1.05. The Hall–Kier alpha value is -0.870. The predicted octanol–water partition coefficient (Wildman–Crippen LogP) is 2.12. The van der Waals surface area contributed by atoms with Crippen molar-refractivity contribution in [2.24, 2.45) is 0 Å². The summed E-state index contributed by atoms with van der Waals surface area (Å²) in [6, 6.07) is 0. The van der Waals surface area contributed by atoms with Crippen LogP contribution >= 0.6 is 0 Å². The highest BCUT2D eigenvalue weighted by Gasteiger charge is 2.22. The van der Waals surface area contributed by atoms with Crippen molar-refractivity contribution >= 4 is 6.21 Å². The van der Waals surface area contributed by atoms with Crippen LogP contribution in [0.2, 0.25) is 0 Å². The first kappa shape index (κ1) is 15.1. The van der Waals surface area contributed by atoms with Gasteiger partial charge in [-0.2, -0.15) is 0 Å². The van der Waals surface area contributed by atoms with Crippen LogP contribution < -0.4 is 0 Å². The predicted molar refractivity (Wildman–Crippen MR) is 64.8 cm³/mol. The van der Waals surface area contributed by atoms with Crippen molar-refractivity contribution in [3.05, 3.63) is 12.3 Å². The van der Waals surface area contributed by atoms with Crippen LogP contribution in [0.25, 0.3) is 0 Å². The van der Waals surface area contributed by atoms with Crippen molar-refractivity contribution in [3.63, 3.8) is 0 Å². The van der Waals surface area contributed by atoms with E-state index in [4.69, 9.17) is 20.0 Å². The number of hydrogen-bond donors (Lipinski definition) is 2. The number of allylic oxidation sites excluding steroid dienone is 1. The van der Waals surface area contributed by atoms with Crippen LogP contribution in [0.3, 0.4) is 0 Å². The second-order valence-electron chi connectivity index (χ2n) is 4.99. The van der Waals surface area contributed by atoms with Crippen LogP contribution in [0, 0.1) is 5.41 Å². The summed E-state index contributed by atoms with van der Waals surface area (Å²) >= 11 is 0. The van der Waals surface area contributed by atoms with E-state index >= 15 is 0 Å². The number of hydrogen-bond acceptors (Lipinski definition) is 4. The molecule has 0 fully saturated rings. The first-order valence-corrected chi connectivity index (χ1v) is 5.36. The van der Waals surface area contributed by atoms with E-state index in [0.29, 0.717) is 18.8 Å². The number of aliphatic hydroxyl groups is 1. The summed E-state index contributed by atoms with van der Waals surface area (Å²) in [6.07, 6.45) is 1.75. The molecule has 0 bridgehead atoms. The molecule has 0 aliphatic carbocycles. The monoisotopic (exact) mass is 229 g/mol. The Labute approximate surface area is 97.8 Å². The van der Waals surface area contributed by atoms with E-state index in [1.54, 1.807) is 0 Å². The maximum absolute atomic E-state index is 9.01. The summed E-state index contributed by atoms with van der Waals surface area (Å²) in [4.78, 5) is 0. The molecule has 2 N–H and O–H groups in total. The molecule has 0 aromatic rings. The molecule has 94 valence electrons. The zero-order valence-corrected chi connectivity index (χ0v) is 10.7.